The Balaban J connectivity index is 1.36. The summed E-state index contributed by atoms with van der Waals surface area (Å²) in [5.74, 6) is 0.367. The molecule has 1 saturated heterocycles. The van der Waals surface area contributed by atoms with Gasteiger partial charge in [0, 0.05) is 23.9 Å². The molecule has 9 heteroatoms. The number of amides is 1. The fourth-order valence-electron chi connectivity index (χ4n) is 3.97. The molecule has 4 rings (SSSR count). The number of nitrogens with zero attached hydrogens (tertiary/aromatic N) is 3. The van der Waals surface area contributed by atoms with Crippen molar-refractivity contribution in [2.45, 2.75) is 32.0 Å². The number of alkyl halides is 3. The SMILES string of the molecule is O=C(Nc1ccccc1-c1ccn(CC(F)(F)F)n1)c1ccc(OCCN2CCCCC2)cc1. The van der Waals surface area contributed by atoms with Gasteiger partial charge in [0.25, 0.3) is 5.91 Å². The number of hydrogen-bond donors (Lipinski definition) is 1. The lowest BCUT2D eigenvalue weighted by Gasteiger charge is -2.26. The molecule has 2 aromatic carbocycles. The minimum atomic E-state index is -4.36. The fraction of sp³-hybridized carbons (Fsp3) is 0.360. The highest BCUT2D eigenvalue weighted by atomic mass is 19.4. The summed E-state index contributed by atoms with van der Waals surface area (Å²) >= 11 is 0. The molecular weight excluding hydrogens is 445 g/mol. The summed E-state index contributed by atoms with van der Waals surface area (Å²) in [6.45, 7) is 2.55. The van der Waals surface area contributed by atoms with Crippen LogP contribution in [-0.4, -0.2) is 53.0 Å². The molecule has 34 heavy (non-hydrogen) atoms. The smallest absolute Gasteiger partial charge is 0.408 e. The van der Waals surface area contributed by atoms with Gasteiger partial charge >= 0.3 is 6.18 Å². The third kappa shape index (κ3) is 6.60. The van der Waals surface area contributed by atoms with Crippen LogP contribution in [0.4, 0.5) is 18.9 Å². The van der Waals surface area contributed by atoms with Gasteiger partial charge in [0.05, 0.1) is 11.4 Å². The largest absolute Gasteiger partial charge is 0.492 e. The number of aromatic nitrogens is 2. The number of anilines is 1. The molecule has 0 bridgehead atoms. The average molecular weight is 473 g/mol. The lowest BCUT2D eigenvalue weighted by atomic mass is 10.1. The number of carbonyl (C=O) groups excluding carboxylic acids is 1. The molecule has 0 saturated carbocycles. The Bertz CT molecular complexity index is 1090. The monoisotopic (exact) mass is 472 g/mol. The Morgan fingerprint density at radius 3 is 2.47 bits per heavy atom. The molecule has 0 spiro atoms. The van der Waals surface area contributed by atoms with Crippen molar-refractivity contribution in [1.29, 1.82) is 0 Å². The van der Waals surface area contributed by atoms with E-state index in [0.717, 1.165) is 24.3 Å². The summed E-state index contributed by atoms with van der Waals surface area (Å²) in [4.78, 5) is 15.2. The summed E-state index contributed by atoms with van der Waals surface area (Å²) in [5.41, 5.74) is 1.79. The fourth-order valence-corrected chi connectivity index (χ4v) is 3.97. The van der Waals surface area contributed by atoms with E-state index in [0.29, 0.717) is 34.9 Å². The molecule has 0 radical (unpaired) electrons. The van der Waals surface area contributed by atoms with E-state index in [9.17, 15) is 18.0 Å². The van der Waals surface area contributed by atoms with E-state index >= 15 is 0 Å². The quantitative estimate of drug-likeness (QED) is 0.488. The Hall–Kier alpha value is -3.33. The first kappa shape index (κ1) is 23.8. The van der Waals surface area contributed by atoms with E-state index in [4.69, 9.17) is 4.74 Å². The van der Waals surface area contributed by atoms with Crippen molar-refractivity contribution in [2.24, 2.45) is 0 Å². The molecule has 1 amide bonds. The van der Waals surface area contributed by atoms with Crippen molar-refractivity contribution >= 4 is 11.6 Å². The molecule has 1 fully saturated rings. The molecule has 1 aliphatic heterocycles. The normalized spacial score (nSPS) is 14.7. The highest BCUT2D eigenvalue weighted by Gasteiger charge is 2.28. The number of likely N-dealkylation sites (tertiary alicyclic amines) is 1. The summed E-state index contributed by atoms with van der Waals surface area (Å²) < 4.78 is 44.6. The molecule has 0 aliphatic carbocycles. The average Bonchev–Trinajstić information content (AvgIpc) is 3.27. The van der Waals surface area contributed by atoms with E-state index in [1.165, 1.54) is 31.5 Å². The van der Waals surface area contributed by atoms with Crippen LogP contribution in [0.15, 0.2) is 60.8 Å². The van der Waals surface area contributed by atoms with Gasteiger partial charge in [-0.1, -0.05) is 24.6 Å². The predicted octanol–water partition coefficient (Wildman–Crippen LogP) is 5.23. The molecular formula is C25H27F3N4O2. The summed E-state index contributed by atoms with van der Waals surface area (Å²) in [6, 6.07) is 15.3. The molecule has 1 aliphatic rings. The van der Waals surface area contributed by atoms with Crippen LogP contribution >= 0.6 is 0 Å². The van der Waals surface area contributed by atoms with Gasteiger partial charge in [0.15, 0.2) is 0 Å². The zero-order valence-electron chi connectivity index (χ0n) is 18.7. The number of benzene rings is 2. The summed E-state index contributed by atoms with van der Waals surface area (Å²) in [6.07, 6.45) is 0.684. The van der Waals surface area contributed by atoms with Crippen LogP contribution in [0.3, 0.4) is 0 Å². The summed E-state index contributed by atoms with van der Waals surface area (Å²) in [5, 5.41) is 6.84. The van der Waals surface area contributed by atoms with Crippen molar-refractivity contribution in [2.75, 3.05) is 31.6 Å². The van der Waals surface area contributed by atoms with Crippen LogP contribution < -0.4 is 10.1 Å². The van der Waals surface area contributed by atoms with E-state index in [-0.39, 0.29) is 5.91 Å². The van der Waals surface area contributed by atoms with Gasteiger partial charge < -0.3 is 10.1 Å². The molecule has 2 heterocycles. The van der Waals surface area contributed by atoms with Gasteiger partial charge in [-0.05, 0) is 62.3 Å². The third-order valence-electron chi connectivity index (χ3n) is 5.67. The first-order valence-electron chi connectivity index (χ1n) is 11.3. The van der Waals surface area contributed by atoms with Crippen molar-refractivity contribution in [3.8, 4) is 17.0 Å². The minimum absolute atomic E-state index is 0.331. The number of halogens is 3. The van der Waals surface area contributed by atoms with Crippen LogP contribution in [-0.2, 0) is 6.54 Å². The van der Waals surface area contributed by atoms with Crippen molar-refractivity contribution in [1.82, 2.24) is 14.7 Å². The first-order chi connectivity index (χ1) is 16.4. The van der Waals surface area contributed by atoms with Gasteiger partial charge in [-0.3, -0.25) is 14.4 Å². The number of para-hydroxylation sites is 1. The maximum atomic E-state index is 12.8. The summed E-state index contributed by atoms with van der Waals surface area (Å²) in [7, 11) is 0. The third-order valence-corrected chi connectivity index (χ3v) is 5.67. The Labute approximate surface area is 196 Å². The molecule has 1 N–H and O–H groups in total. The maximum absolute atomic E-state index is 12.8. The molecule has 3 aromatic rings. The van der Waals surface area contributed by atoms with Crippen molar-refractivity contribution < 1.29 is 22.7 Å². The zero-order valence-corrected chi connectivity index (χ0v) is 18.7. The number of nitrogens with one attached hydrogen (secondary N) is 1. The molecule has 1 aromatic heterocycles. The Morgan fingerprint density at radius 1 is 1.00 bits per heavy atom. The highest BCUT2D eigenvalue weighted by molar-refractivity contribution is 6.06. The second-order valence-electron chi connectivity index (χ2n) is 8.29. The van der Waals surface area contributed by atoms with Gasteiger partial charge in [0.1, 0.15) is 18.9 Å². The van der Waals surface area contributed by atoms with Gasteiger partial charge in [-0.2, -0.15) is 18.3 Å². The van der Waals surface area contributed by atoms with E-state index < -0.39 is 12.7 Å². The van der Waals surface area contributed by atoms with Crippen molar-refractivity contribution in [3.63, 3.8) is 0 Å². The minimum Gasteiger partial charge on any atom is -0.492 e. The van der Waals surface area contributed by atoms with E-state index in [2.05, 4.69) is 15.3 Å². The lowest BCUT2D eigenvalue weighted by Crippen LogP contribution is -2.33. The standard InChI is InChI=1S/C25H27F3N4O2/c26-25(27,28)18-32-15-12-23(30-32)21-6-2-3-7-22(21)29-24(33)19-8-10-20(11-9-19)34-17-16-31-13-4-1-5-14-31/h2-3,6-12,15H,1,4-5,13-14,16-18H2,(H,29,33). The molecule has 0 unspecified atom stereocenters. The van der Waals surface area contributed by atoms with Crippen molar-refractivity contribution in [3.05, 3.63) is 66.4 Å². The maximum Gasteiger partial charge on any atom is 0.408 e. The van der Waals surface area contributed by atoms with Crippen LogP contribution in [0, 0.1) is 0 Å². The number of carbonyl (C=O) groups is 1. The topological polar surface area (TPSA) is 59.4 Å². The van der Waals surface area contributed by atoms with Crippen LogP contribution in [0.2, 0.25) is 0 Å². The number of rotatable bonds is 8. The molecule has 0 atom stereocenters. The molecule has 180 valence electrons. The number of hydrogen-bond acceptors (Lipinski definition) is 4. The zero-order chi connectivity index (χ0) is 24.0. The molecule has 6 nitrogen and oxygen atoms in total. The number of ether oxygens (including phenoxy) is 1. The van der Waals surface area contributed by atoms with E-state index in [1.54, 1.807) is 48.5 Å². The second kappa shape index (κ2) is 10.7. The van der Waals surface area contributed by atoms with Crippen LogP contribution in [0.25, 0.3) is 11.3 Å². The van der Waals surface area contributed by atoms with E-state index in [1.807, 2.05) is 0 Å². The Morgan fingerprint density at radius 2 is 1.74 bits per heavy atom. The van der Waals surface area contributed by atoms with Crippen LogP contribution in [0.1, 0.15) is 29.6 Å². The van der Waals surface area contributed by atoms with Crippen LogP contribution in [0.5, 0.6) is 5.75 Å². The second-order valence-corrected chi connectivity index (χ2v) is 8.29. The first-order valence-corrected chi connectivity index (χ1v) is 11.3. The Kier molecular flexibility index (Phi) is 7.52. The number of piperidine rings is 1. The lowest BCUT2D eigenvalue weighted by molar-refractivity contribution is -0.142. The van der Waals surface area contributed by atoms with Gasteiger partial charge in [-0.25, -0.2) is 0 Å². The predicted molar refractivity (Wildman–Crippen MR) is 124 cm³/mol. The highest BCUT2D eigenvalue weighted by Crippen LogP contribution is 2.28. The van der Waals surface area contributed by atoms with Gasteiger partial charge in [0.2, 0.25) is 0 Å². The van der Waals surface area contributed by atoms with Gasteiger partial charge in [-0.15, -0.1) is 0 Å².